The van der Waals surface area contributed by atoms with Crippen molar-refractivity contribution in [3.63, 3.8) is 0 Å². The summed E-state index contributed by atoms with van der Waals surface area (Å²) in [6.45, 7) is 2.05. The predicted molar refractivity (Wildman–Crippen MR) is 116 cm³/mol. The monoisotopic (exact) mass is 411 g/mol. The van der Waals surface area contributed by atoms with E-state index in [1.165, 1.54) is 7.11 Å². The average Bonchev–Trinajstić information content (AvgIpc) is 2.79. The van der Waals surface area contributed by atoms with Crippen LogP contribution >= 0.6 is 0 Å². The fraction of sp³-hybridized carbons (Fsp3) is 0.391. The molecule has 7 heteroatoms. The summed E-state index contributed by atoms with van der Waals surface area (Å²) in [5.74, 6) is 0.742. The lowest BCUT2D eigenvalue weighted by Crippen LogP contribution is -2.45. The summed E-state index contributed by atoms with van der Waals surface area (Å²) in [6.07, 6.45) is 1.91. The van der Waals surface area contributed by atoms with Gasteiger partial charge in [-0.3, -0.25) is 4.79 Å². The van der Waals surface area contributed by atoms with Crippen LogP contribution in [-0.2, 0) is 11.2 Å². The largest absolute Gasteiger partial charge is 0.496 e. The highest BCUT2D eigenvalue weighted by molar-refractivity contribution is 5.99. The molecule has 0 bridgehead atoms. The number of benzene rings is 2. The summed E-state index contributed by atoms with van der Waals surface area (Å²) < 4.78 is 10.0. The Morgan fingerprint density at radius 2 is 1.73 bits per heavy atom. The van der Waals surface area contributed by atoms with Crippen molar-refractivity contribution in [2.24, 2.45) is 0 Å². The van der Waals surface area contributed by atoms with E-state index >= 15 is 0 Å². The quantitative estimate of drug-likeness (QED) is 0.732. The Bertz CT molecular complexity index is 863. The number of methoxy groups -OCH3 is 2. The molecule has 2 aromatic carbocycles. The van der Waals surface area contributed by atoms with Crippen LogP contribution in [0.4, 0.5) is 10.5 Å². The van der Waals surface area contributed by atoms with E-state index in [1.807, 2.05) is 48.5 Å². The molecule has 7 nitrogen and oxygen atoms in total. The maximum absolute atomic E-state index is 12.9. The van der Waals surface area contributed by atoms with Gasteiger partial charge in [-0.15, -0.1) is 0 Å². The second kappa shape index (κ2) is 10.5. The number of ether oxygens (including phenoxy) is 2. The molecule has 0 unspecified atom stereocenters. The van der Waals surface area contributed by atoms with Crippen molar-refractivity contribution in [2.45, 2.75) is 25.3 Å². The maximum Gasteiger partial charge on any atom is 0.407 e. The Hall–Kier alpha value is -3.22. The number of alkyl carbamates (subject to hydrolysis) is 1. The van der Waals surface area contributed by atoms with E-state index in [9.17, 15) is 9.59 Å². The van der Waals surface area contributed by atoms with Gasteiger partial charge in [0.25, 0.3) is 5.91 Å². The van der Waals surface area contributed by atoms with Crippen LogP contribution in [0.25, 0.3) is 0 Å². The zero-order chi connectivity index (χ0) is 21.3. The van der Waals surface area contributed by atoms with Gasteiger partial charge in [-0.25, -0.2) is 4.79 Å². The lowest BCUT2D eigenvalue weighted by atomic mass is 10.0. The van der Waals surface area contributed by atoms with Gasteiger partial charge in [0.1, 0.15) is 5.75 Å². The molecule has 1 aliphatic rings. The number of amides is 2. The van der Waals surface area contributed by atoms with Gasteiger partial charge >= 0.3 is 6.09 Å². The number of anilines is 1. The van der Waals surface area contributed by atoms with Gasteiger partial charge in [-0.2, -0.15) is 0 Å². The summed E-state index contributed by atoms with van der Waals surface area (Å²) in [6, 6.07) is 15.6. The van der Waals surface area contributed by atoms with E-state index in [4.69, 9.17) is 4.74 Å². The van der Waals surface area contributed by atoms with Gasteiger partial charge in [-0.05, 0) is 43.0 Å². The fourth-order valence-corrected chi connectivity index (χ4v) is 3.75. The molecule has 1 aliphatic heterocycles. The first-order chi connectivity index (χ1) is 14.6. The molecule has 0 spiro atoms. The number of para-hydroxylation sites is 2. The van der Waals surface area contributed by atoms with Gasteiger partial charge in [-0.1, -0.05) is 30.3 Å². The van der Waals surface area contributed by atoms with Crippen molar-refractivity contribution in [3.8, 4) is 5.75 Å². The third-order valence-electron chi connectivity index (χ3n) is 5.36. The average molecular weight is 412 g/mol. The van der Waals surface area contributed by atoms with Crippen LogP contribution in [0.5, 0.6) is 5.75 Å². The molecule has 3 rings (SSSR count). The summed E-state index contributed by atoms with van der Waals surface area (Å²) in [5.41, 5.74) is 2.65. The Kier molecular flexibility index (Phi) is 7.54. The van der Waals surface area contributed by atoms with Crippen molar-refractivity contribution in [3.05, 3.63) is 59.7 Å². The zero-order valence-corrected chi connectivity index (χ0v) is 17.5. The van der Waals surface area contributed by atoms with Crippen molar-refractivity contribution in [1.29, 1.82) is 0 Å². The second-order valence-corrected chi connectivity index (χ2v) is 7.23. The molecule has 0 aliphatic carbocycles. The third-order valence-corrected chi connectivity index (χ3v) is 5.36. The first-order valence-electron chi connectivity index (χ1n) is 10.2. The number of nitrogens with one attached hydrogen (secondary N) is 2. The summed E-state index contributed by atoms with van der Waals surface area (Å²) in [4.78, 5) is 26.5. The number of hydrogen-bond acceptors (Lipinski definition) is 5. The van der Waals surface area contributed by atoms with Gasteiger partial charge < -0.3 is 25.0 Å². The minimum Gasteiger partial charge on any atom is -0.496 e. The standard InChI is InChI=1S/C23H29N3O4/c1-29-21-10-6-3-7-17(21)11-14-24-22(27)19-8-4-5-9-20(19)26-15-12-18(13-16-26)25-23(28)30-2/h3-10,18H,11-16H2,1-2H3,(H,24,27)(H,25,28). The second-order valence-electron chi connectivity index (χ2n) is 7.23. The molecule has 1 heterocycles. The minimum atomic E-state index is -0.400. The predicted octanol–water partition coefficient (Wildman–Crippen LogP) is 2.99. The van der Waals surface area contributed by atoms with Crippen molar-refractivity contribution < 1.29 is 19.1 Å². The normalized spacial score (nSPS) is 14.1. The number of hydrogen-bond donors (Lipinski definition) is 2. The smallest absolute Gasteiger partial charge is 0.407 e. The van der Waals surface area contributed by atoms with Gasteiger partial charge in [0.05, 0.1) is 19.8 Å². The summed E-state index contributed by atoms with van der Waals surface area (Å²) in [7, 11) is 3.02. The maximum atomic E-state index is 12.9. The summed E-state index contributed by atoms with van der Waals surface area (Å²) >= 11 is 0. The van der Waals surface area contributed by atoms with Gasteiger partial charge in [0.15, 0.2) is 0 Å². The van der Waals surface area contributed by atoms with Crippen molar-refractivity contribution in [1.82, 2.24) is 10.6 Å². The van der Waals surface area contributed by atoms with Gasteiger partial charge in [0, 0.05) is 31.4 Å². The van der Waals surface area contributed by atoms with Gasteiger partial charge in [0.2, 0.25) is 0 Å². The molecular formula is C23H29N3O4. The Balaban J connectivity index is 1.58. The third kappa shape index (κ3) is 5.43. The lowest BCUT2D eigenvalue weighted by Gasteiger charge is -2.34. The van der Waals surface area contributed by atoms with E-state index in [-0.39, 0.29) is 11.9 Å². The molecule has 0 radical (unpaired) electrons. The topological polar surface area (TPSA) is 79.9 Å². The van der Waals surface area contributed by atoms with Crippen LogP contribution in [0.15, 0.2) is 48.5 Å². The number of piperidine rings is 1. The number of nitrogens with zero attached hydrogens (tertiary/aromatic N) is 1. The molecule has 2 aromatic rings. The first-order valence-corrected chi connectivity index (χ1v) is 10.2. The highest BCUT2D eigenvalue weighted by atomic mass is 16.5. The van der Waals surface area contributed by atoms with E-state index < -0.39 is 6.09 Å². The van der Waals surface area contributed by atoms with E-state index in [2.05, 4.69) is 20.3 Å². The number of rotatable bonds is 7. The van der Waals surface area contributed by atoms with E-state index in [1.54, 1.807) is 7.11 Å². The molecule has 0 aromatic heterocycles. The Morgan fingerprint density at radius 1 is 1.03 bits per heavy atom. The molecule has 160 valence electrons. The van der Waals surface area contributed by atoms with E-state index in [0.29, 0.717) is 18.5 Å². The molecule has 1 saturated heterocycles. The van der Waals surface area contributed by atoms with Crippen LogP contribution in [0, 0.1) is 0 Å². The molecule has 1 fully saturated rings. The zero-order valence-electron chi connectivity index (χ0n) is 17.5. The van der Waals surface area contributed by atoms with Crippen LogP contribution in [-0.4, -0.2) is 51.9 Å². The van der Waals surface area contributed by atoms with Crippen LogP contribution < -0.4 is 20.3 Å². The molecule has 0 saturated carbocycles. The number of carbonyl (C=O) groups is 2. The molecular weight excluding hydrogens is 382 g/mol. The van der Waals surface area contributed by atoms with Crippen LogP contribution in [0.2, 0.25) is 0 Å². The molecule has 2 N–H and O–H groups in total. The SMILES string of the molecule is COC(=O)NC1CCN(c2ccccc2C(=O)NCCc2ccccc2OC)CC1. The highest BCUT2D eigenvalue weighted by Gasteiger charge is 2.23. The van der Waals surface area contributed by atoms with Crippen molar-refractivity contribution >= 4 is 17.7 Å². The number of carbonyl (C=O) groups excluding carboxylic acids is 2. The summed E-state index contributed by atoms with van der Waals surface area (Å²) in [5, 5.41) is 5.88. The fourth-order valence-electron chi connectivity index (χ4n) is 3.75. The Labute approximate surface area is 177 Å². The first kappa shape index (κ1) is 21.5. The van der Waals surface area contributed by atoms with Crippen LogP contribution in [0.3, 0.4) is 0 Å². The lowest BCUT2D eigenvalue weighted by molar-refractivity contribution is 0.0954. The molecule has 0 atom stereocenters. The highest BCUT2D eigenvalue weighted by Crippen LogP contribution is 2.24. The Morgan fingerprint density at radius 3 is 2.47 bits per heavy atom. The molecule has 30 heavy (non-hydrogen) atoms. The minimum absolute atomic E-state index is 0.0877. The van der Waals surface area contributed by atoms with Crippen LogP contribution in [0.1, 0.15) is 28.8 Å². The van der Waals surface area contributed by atoms with E-state index in [0.717, 1.165) is 42.9 Å². The molecule has 2 amide bonds. The van der Waals surface area contributed by atoms with Crippen molar-refractivity contribution in [2.75, 3.05) is 38.8 Å².